The Bertz CT molecular complexity index is 1440. The fourth-order valence-electron chi connectivity index (χ4n) is 3.97. The third-order valence-electron chi connectivity index (χ3n) is 5.69. The fourth-order valence-corrected chi connectivity index (χ4v) is 3.97. The van der Waals surface area contributed by atoms with Gasteiger partial charge in [-0.15, -0.1) is 0 Å². The number of nitrogens with one attached hydrogen (secondary N) is 1. The van der Waals surface area contributed by atoms with Crippen molar-refractivity contribution in [2.24, 2.45) is 4.99 Å². The number of halogens is 2. The number of esters is 1. The molecule has 0 aliphatic carbocycles. The zero-order valence-electron chi connectivity index (χ0n) is 18.9. The zero-order valence-corrected chi connectivity index (χ0v) is 18.9. The lowest BCUT2D eigenvalue weighted by Crippen LogP contribution is -2.17. The van der Waals surface area contributed by atoms with E-state index < -0.39 is 17.6 Å². The van der Waals surface area contributed by atoms with Gasteiger partial charge in [-0.25, -0.2) is 18.6 Å². The summed E-state index contributed by atoms with van der Waals surface area (Å²) in [5.41, 5.74) is 3.05. The minimum atomic E-state index is -0.752. The molecule has 3 aromatic carbocycles. The molecule has 5 rings (SSSR count). The highest BCUT2D eigenvalue weighted by molar-refractivity contribution is 6.13. The van der Waals surface area contributed by atoms with Crippen LogP contribution in [0, 0.1) is 11.6 Å². The molecule has 0 unspecified atom stereocenters. The largest absolute Gasteiger partial charge is 0.497 e. The quantitative estimate of drug-likeness (QED) is 0.404. The molecule has 0 fully saturated rings. The highest BCUT2D eigenvalue weighted by Gasteiger charge is 2.25. The first-order valence-electron chi connectivity index (χ1n) is 10.7. The van der Waals surface area contributed by atoms with E-state index in [4.69, 9.17) is 9.47 Å². The molecular weight excluding hydrogens is 454 g/mol. The molecule has 0 atom stereocenters. The smallest absolute Gasteiger partial charge is 0.337 e. The van der Waals surface area contributed by atoms with Gasteiger partial charge in [0.1, 0.15) is 28.9 Å². The van der Waals surface area contributed by atoms with E-state index in [0.717, 1.165) is 11.3 Å². The Balaban J connectivity index is 1.68. The number of benzene rings is 3. The molecule has 176 valence electrons. The Kier molecular flexibility index (Phi) is 5.74. The number of rotatable bonds is 5. The molecule has 0 bridgehead atoms. The van der Waals surface area contributed by atoms with Crippen LogP contribution in [0.5, 0.6) is 5.75 Å². The van der Waals surface area contributed by atoms with E-state index in [2.05, 4.69) is 15.4 Å². The van der Waals surface area contributed by atoms with E-state index in [9.17, 15) is 13.6 Å². The molecule has 0 saturated carbocycles. The summed E-state index contributed by atoms with van der Waals surface area (Å²) < 4.78 is 41.1. The summed E-state index contributed by atoms with van der Waals surface area (Å²) in [4.78, 5) is 16.8. The number of nitrogens with zero attached hydrogens (tertiary/aromatic N) is 3. The third kappa shape index (κ3) is 4.12. The van der Waals surface area contributed by atoms with Gasteiger partial charge < -0.3 is 14.8 Å². The molecule has 1 aliphatic heterocycles. The average Bonchev–Trinajstić information content (AvgIpc) is 3.17. The summed E-state index contributed by atoms with van der Waals surface area (Å²) in [6.07, 6.45) is 1.53. The summed E-state index contributed by atoms with van der Waals surface area (Å²) in [5, 5.41) is 7.53. The van der Waals surface area contributed by atoms with Crippen LogP contribution in [-0.2, 0) is 11.3 Å². The van der Waals surface area contributed by atoms with Gasteiger partial charge in [-0.05, 0) is 48.0 Å². The fraction of sp³-hybridized carbons (Fsp3) is 0.115. The van der Waals surface area contributed by atoms with Crippen molar-refractivity contribution < 1.29 is 23.0 Å². The lowest BCUT2D eigenvalue weighted by atomic mass is 10.0. The molecule has 2 heterocycles. The van der Waals surface area contributed by atoms with Crippen LogP contribution in [0.3, 0.4) is 0 Å². The second-order valence-electron chi connectivity index (χ2n) is 7.82. The highest BCUT2D eigenvalue weighted by atomic mass is 19.1. The van der Waals surface area contributed by atoms with Gasteiger partial charge in [0, 0.05) is 11.3 Å². The Hall–Kier alpha value is -4.53. The molecule has 0 amide bonds. The maximum atomic E-state index is 14.6. The first kappa shape index (κ1) is 22.3. The molecular formula is C26H20F2N4O3. The second-order valence-corrected chi connectivity index (χ2v) is 7.82. The van der Waals surface area contributed by atoms with Gasteiger partial charge in [-0.3, -0.25) is 4.68 Å². The lowest BCUT2D eigenvalue weighted by Gasteiger charge is -2.14. The first-order chi connectivity index (χ1) is 17.0. The summed E-state index contributed by atoms with van der Waals surface area (Å²) in [7, 11) is 2.90. The number of hydrogen-bond donors (Lipinski definition) is 1. The lowest BCUT2D eigenvalue weighted by molar-refractivity contribution is 0.0601. The molecule has 0 saturated heterocycles. The topological polar surface area (TPSA) is 77.7 Å². The molecule has 7 nitrogen and oxygen atoms in total. The number of hydrogen-bond acceptors (Lipinski definition) is 6. The Morgan fingerprint density at radius 2 is 1.77 bits per heavy atom. The molecule has 9 heteroatoms. The van der Waals surface area contributed by atoms with Gasteiger partial charge in [0.25, 0.3) is 0 Å². The van der Waals surface area contributed by atoms with Gasteiger partial charge in [0.05, 0.1) is 43.8 Å². The van der Waals surface area contributed by atoms with Gasteiger partial charge >= 0.3 is 5.97 Å². The van der Waals surface area contributed by atoms with Crippen LogP contribution in [0.15, 0.2) is 71.9 Å². The summed E-state index contributed by atoms with van der Waals surface area (Å²) in [5.74, 6) is -1.29. The number of amidine groups is 1. The van der Waals surface area contributed by atoms with Crippen LogP contribution in [-0.4, -0.2) is 35.8 Å². The Morgan fingerprint density at radius 1 is 1.03 bits per heavy atom. The van der Waals surface area contributed by atoms with Gasteiger partial charge in [-0.1, -0.05) is 18.2 Å². The van der Waals surface area contributed by atoms with E-state index in [1.807, 2.05) is 24.3 Å². The number of carbonyl (C=O) groups excluding carboxylic acids is 1. The van der Waals surface area contributed by atoms with Gasteiger partial charge in [0.15, 0.2) is 0 Å². The van der Waals surface area contributed by atoms with Crippen molar-refractivity contribution in [3.8, 4) is 17.0 Å². The minimum Gasteiger partial charge on any atom is -0.497 e. The third-order valence-corrected chi connectivity index (χ3v) is 5.69. The van der Waals surface area contributed by atoms with Crippen molar-refractivity contribution in [2.75, 3.05) is 19.5 Å². The summed E-state index contributed by atoms with van der Waals surface area (Å²) in [6, 6.07) is 16.0. The molecule has 1 aromatic heterocycles. The van der Waals surface area contributed by atoms with Crippen LogP contribution < -0.4 is 10.1 Å². The predicted octanol–water partition coefficient (Wildman–Crippen LogP) is 5.18. The van der Waals surface area contributed by atoms with Crippen molar-refractivity contribution in [2.45, 2.75) is 6.54 Å². The normalized spacial score (nSPS) is 12.1. The van der Waals surface area contributed by atoms with Crippen molar-refractivity contribution in [3.05, 3.63) is 95.2 Å². The number of carbonyl (C=O) groups is 1. The number of ether oxygens (including phenoxy) is 2. The maximum absolute atomic E-state index is 14.6. The first-order valence-corrected chi connectivity index (χ1v) is 10.7. The maximum Gasteiger partial charge on any atom is 0.337 e. The molecule has 1 N–H and O–H groups in total. The van der Waals surface area contributed by atoms with Crippen molar-refractivity contribution in [1.29, 1.82) is 0 Å². The van der Waals surface area contributed by atoms with Gasteiger partial charge in [-0.2, -0.15) is 5.10 Å². The number of aliphatic imine (C=N–C) groups is 1. The van der Waals surface area contributed by atoms with Crippen molar-refractivity contribution >= 4 is 23.2 Å². The van der Waals surface area contributed by atoms with Crippen molar-refractivity contribution in [1.82, 2.24) is 9.78 Å². The summed E-state index contributed by atoms with van der Waals surface area (Å²) in [6.45, 7) is 0.389. The van der Waals surface area contributed by atoms with E-state index in [1.54, 1.807) is 30.0 Å². The highest BCUT2D eigenvalue weighted by Crippen LogP contribution is 2.40. The van der Waals surface area contributed by atoms with E-state index >= 15 is 0 Å². The molecule has 1 aliphatic rings. The molecule has 4 aromatic rings. The number of aromatic nitrogens is 2. The molecule has 35 heavy (non-hydrogen) atoms. The van der Waals surface area contributed by atoms with E-state index in [0.29, 0.717) is 34.7 Å². The number of methoxy groups -OCH3 is 2. The van der Waals surface area contributed by atoms with Crippen LogP contribution in [0.25, 0.3) is 11.3 Å². The second kappa shape index (κ2) is 9.02. The predicted molar refractivity (Wildman–Crippen MR) is 127 cm³/mol. The van der Waals surface area contributed by atoms with Crippen LogP contribution >= 0.6 is 0 Å². The number of anilines is 1. The molecule has 0 spiro atoms. The molecule has 0 radical (unpaired) electrons. The Labute approximate surface area is 199 Å². The van der Waals surface area contributed by atoms with E-state index in [1.165, 1.54) is 31.5 Å². The zero-order chi connectivity index (χ0) is 24.5. The van der Waals surface area contributed by atoms with E-state index in [-0.39, 0.29) is 11.4 Å². The average molecular weight is 474 g/mol. The Morgan fingerprint density at radius 3 is 2.46 bits per heavy atom. The van der Waals surface area contributed by atoms with Crippen LogP contribution in [0.1, 0.15) is 21.5 Å². The SMILES string of the molecule is COC(=O)c1ccc2c(c1)-c1c(cnn1Cc1ccc(OC)cc1)N=C(c1c(F)cccc1F)N2. The van der Waals surface area contributed by atoms with Crippen molar-refractivity contribution in [3.63, 3.8) is 0 Å². The van der Waals surface area contributed by atoms with Crippen LogP contribution in [0.2, 0.25) is 0 Å². The summed E-state index contributed by atoms with van der Waals surface area (Å²) >= 11 is 0. The van der Waals surface area contributed by atoms with Gasteiger partial charge in [0.2, 0.25) is 0 Å². The number of fused-ring (bicyclic) bond motifs is 3. The standard InChI is InChI=1S/C26H20F2N4O3/c1-34-17-9-6-15(7-10-17)14-32-24-18-12-16(26(33)35-2)8-11-21(18)30-25(31-22(24)13-29-32)23-19(27)4-3-5-20(23)28/h3-13H,14H2,1-2H3,(H,30,31). The monoisotopic (exact) mass is 474 g/mol. The minimum absolute atomic E-state index is 0.00424. The van der Waals surface area contributed by atoms with Crippen LogP contribution in [0.4, 0.5) is 20.2 Å².